The van der Waals surface area contributed by atoms with Gasteiger partial charge in [-0.2, -0.15) is 8.42 Å². The predicted octanol–water partition coefficient (Wildman–Crippen LogP) is 5.85. The lowest BCUT2D eigenvalue weighted by molar-refractivity contribution is 0.256. The molecule has 0 N–H and O–H groups in total. The molecule has 0 spiro atoms. The number of fused-ring (bicyclic) bond motifs is 1. The van der Waals surface area contributed by atoms with Crippen LogP contribution in [0.3, 0.4) is 0 Å². The predicted molar refractivity (Wildman–Crippen MR) is 140 cm³/mol. The Morgan fingerprint density at radius 3 is 2.31 bits per heavy atom. The standard InChI is InChI=1S/C29H32N2O3S/c1-30-19-16-24(17-20-30)28-22-31(18-8-11-23-9-4-2-5-10-23)29-15-14-25(21-27(28)29)34-35(32,33)26-12-6-3-7-13-26/h2-7,9-10,12-15,21-22,24H,8,11,16-20H2,1H3. The molecular formula is C29H32N2O3S. The first kappa shape index (κ1) is 23.6. The van der Waals surface area contributed by atoms with Crippen LogP contribution in [0.5, 0.6) is 5.75 Å². The number of nitrogens with zero attached hydrogens (tertiary/aromatic N) is 2. The molecule has 0 atom stereocenters. The number of hydrogen-bond donors (Lipinski definition) is 0. The average molecular weight is 489 g/mol. The number of benzene rings is 3. The second-order valence-electron chi connectivity index (χ2n) is 9.47. The van der Waals surface area contributed by atoms with Crippen molar-refractivity contribution in [2.75, 3.05) is 20.1 Å². The molecular weight excluding hydrogens is 456 g/mol. The third-order valence-corrected chi connectivity index (χ3v) is 8.25. The van der Waals surface area contributed by atoms with E-state index in [0.717, 1.165) is 56.2 Å². The van der Waals surface area contributed by atoms with Gasteiger partial charge < -0.3 is 13.7 Å². The van der Waals surface area contributed by atoms with Crippen molar-refractivity contribution < 1.29 is 12.6 Å². The molecule has 6 heteroatoms. The highest BCUT2D eigenvalue weighted by atomic mass is 32.2. The van der Waals surface area contributed by atoms with E-state index >= 15 is 0 Å². The van der Waals surface area contributed by atoms with Crippen molar-refractivity contribution in [1.82, 2.24) is 9.47 Å². The fourth-order valence-corrected chi connectivity index (χ4v) is 5.99. The molecule has 1 aromatic heterocycles. The third kappa shape index (κ3) is 5.44. The number of likely N-dealkylation sites (tertiary alicyclic amines) is 1. The van der Waals surface area contributed by atoms with Gasteiger partial charge in [-0.3, -0.25) is 0 Å². The van der Waals surface area contributed by atoms with Crippen LogP contribution in [0.1, 0.15) is 36.3 Å². The summed E-state index contributed by atoms with van der Waals surface area (Å²) in [6, 6.07) is 24.6. The first-order chi connectivity index (χ1) is 17.0. The number of aryl methyl sites for hydroxylation is 2. The molecule has 35 heavy (non-hydrogen) atoms. The fourth-order valence-electron chi connectivity index (χ4n) is 5.05. The smallest absolute Gasteiger partial charge is 0.339 e. The third-order valence-electron chi connectivity index (χ3n) is 6.99. The molecule has 1 aliphatic heterocycles. The Morgan fingerprint density at radius 2 is 1.60 bits per heavy atom. The summed E-state index contributed by atoms with van der Waals surface area (Å²) in [6.07, 6.45) is 6.57. The number of rotatable bonds is 8. The highest BCUT2D eigenvalue weighted by Gasteiger charge is 2.23. The lowest BCUT2D eigenvalue weighted by Crippen LogP contribution is -2.29. The van der Waals surface area contributed by atoms with Crippen molar-refractivity contribution in [3.05, 3.63) is 96.2 Å². The van der Waals surface area contributed by atoms with E-state index in [4.69, 9.17) is 4.18 Å². The van der Waals surface area contributed by atoms with Gasteiger partial charge in [0.25, 0.3) is 0 Å². The average Bonchev–Trinajstić information content (AvgIpc) is 3.23. The minimum absolute atomic E-state index is 0.161. The summed E-state index contributed by atoms with van der Waals surface area (Å²) in [4.78, 5) is 2.53. The highest BCUT2D eigenvalue weighted by molar-refractivity contribution is 7.87. The van der Waals surface area contributed by atoms with Gasteiger partial charge in [0.1, 0.15) is 10.6 Å². The maximum Gasteiger partial charge on any atom is 0.339 e. The van der Waals surface area contributed by atoms with E-state index in [1.165, 1.54) is 11.1 Å². The van der Waals surface area contributed by atoms with Gasteiger partial charge >= 0.3 is 10.1 Å². The monoisotopic (exact) mass is 488 g/mol. The van der Waals surface area contributed by atoms with Crippen LogP contribution in [-0.2, 0) is 23.1 Å². The quantitative estimate of drug-likeness (QED) is 0.292. The molecule has 0 saturated carbocycles. The van der Waals surface area contributed by atoms with E-state index < -0.39 is 10.1 Å². The van der Waals surface area contributed by atoms with Gasteiger partial charge in [0.2, 0.25) is 0 Å². The Bertz CT molecular complexity index is 1370. The minimum atomic E-state index is -3.88. The molecule has 1 saturated heterocycles. The Labute approximate surface area is 208 Å². The normalized spacial score (nSPS) is 15.5. The minimum Gasteiger partial charge on any atom is -0.379 e. The molecule has 182 valence electrons. The van der Waals surface area contributed by atoms with Gasteiger partial charge in [-0.05, 0) is 93.2 Å². The number of aromatic nitrogens is 1. The molecule has 3 aromatic carbocycles. The van der Waals surface area contributed by atoms with Crippen LogP contribution in [0.25, 0.3) is 10.9 Å². The van der Waals surface area contributed by atoms with Crippen LogP contribution in [0.15, 0.2) is 90.0 Å². The highest BCUT2D eigenvalue weighted by Crippen LogP contribution is 2.36. The summed E-state index contributed by atoms with van der Waals surface area (Å²) in [5.74, 6) is 0.822. The lowest BCUT2D eigenvalue weighted by atomic mass is 9.89. The molecule has 0 amide bonds. The Balaban J connectivity index is 1.44. The van der Waals surface area contributed by atoms with Gasteiger partial charge in [-0.25, -0.2) is 0 Å². The molecule has 0 unspecified atom stereocenters. The van der Waals surface area contributed by atoms with E-state index in [-0.39, 0.29) is 4.90 Å². The summed E-state index contributed by atoms with van der Waals surface area (Å²) < 4.78 is 33.5. The first-order valence-corrected chi connectivity index (χ1v) is 13.8. The SMILES string of the molecule is CN1CCC(c2cn(CCCc3ccccc3)c3ccc(OS(=O)(=O)c4ccccc4)cc23)CC1. The topological polar surface area (TPSA) is 51.5 Å². The summed E-state index contributed by atoms with van der Waals surface area (Å²) in [7, 11) is -1.71. The summed E-state index contributed by atoms with van der Waals surface area (Å²) in [5, 5.41) is 1.10. The van der Waals surface area contributed by atoms with Crippen LogP contribution >= 0.6 is 0 Å². The molecule has 1 aliphatic rings. The number of piperidine rings is 1. The molecule has 1 fully saturated rings. The van der Waals surface area contributed by atoms with Crippen molar-refractivity contribution in [2.45, 2.75) is 43.0 Å². The zero-order valence-electron chi connectivity index (χ0n) is 20.1. The maximum absolute atomic E-state index is 12.8. The number of hydrogen-bond acceptors (Lipinski definition) is 4. The fraction of sp³-hybridized carbons (Fsp3) is 0.310. The van der Waals surface area contributed by atoms with Crippen molar-refractivity contribution in [3.8, 4) is 5.75 Å². The zero-order valence-corrected chi connectivity index (χ0v) is 21.0. The van der Waals surface area contributed by atoms with E-state index in [0.29, 0.717) is 11.7 Å². The van der Waals surface area contributed by atoms with Gasteiger partial charge in [-0.1, -0.05) is 48.5 Å². The van der Waals surface area contributed by atoms with Crippen molar-refractivity contribution in [2.24, 2.45) is 0 Å². The van der Waals surface area contributed by atoms with Gasteiger partial charge in [0, 0.05) is 23.6 Å². The Morgan fingerprint density at radius 1 is 0.914 bits per heavy atom. The van der Waals surface area contributed by atoms with E-state index in [1.54, 1.807) is 36.4 Å². The van der Waals surface area contributed by atoms with Crippen LogP contribution in [0, 0.1) is 0 Å². The summed E-state index contributed by atoms with van der Waals surface area (Å²) in [5.41, 5.74) is 3.79. The molecule has 0 bridgehead atoms. The van der Waals surface area contributed by atoms with Crippen LogP contribution in [0.4, 0.5) is 0 Å². The van der Waals surface area contributed by atoms with Crippen molar-refractivity contribution >= 4 is 21.0 Å². The van der Waals surface area contributed by atoms with Crippen LogP contribution in [0.2, 0.25) is 0 Å². The van der Waals surface area contributed by atoms with Crippen molar-refractivity contribution in [3.63, 3.8) is 0 Å². The van der Waals surface area contributed by atoms with E-state index in [1.807, 2.05) is 12.1 Å². The van der Waals surface area contributed by atoms with Gasteiger partial charge in [0.05, 0.1) is 0 Å². The van der Waals surface area contributed by atoms with Gasteiger partial charge in [-0.15, -0.1) is 0 Å². The van der Waals surface area contributed by atoms with Gasteiger partial charge in [0.15, 0.2) is 0 Å². The molecule has 2 heterocycles. The molecule has 0 radical (unpaired) electrons. The Hall–Kier alpha value is -3.09. The molecule has 4 aromatic rings. The second-order valence-corrected chi connectivity index (χ2v) is 11.0. The maximum atomic E-state index is 12.8. The molecule has 5 rings (SSSR count). The van der Waals surface area contributed by atoms with E-state index in [9.17, 15) is 8.42 Å². The molecule has 0 aliphatic carbocycles. The largest absolute Gasteiger partial charge is 0.379 e. The van der Waals surface area contributed by atoms with Crippen LogP contribution in [-0.4, -0.2) is 38.0 Å². The lowest BCUT2D eigenvalue weighted by Gasteiger charge is -2.28. The van der Waals surface area contributed by atoms with E-state index in [2.05, 4.69) is 53.0 Å². The summed E-state index contributed by atoms with van der Waals surface area (Å²) >= 11 is 0. The molecule has 5 nitrogen and oxygen atoms in total. The zero-order chi connectivity index (χ0) is 24.3. The summed E-state index contributed by atoms with van der Waals surface area (Å²) in [6.45, 7) is 3.06. The van der Waals surface area contributed by atoms with Crippen molar-refractivity contribution in [1.29, 1.82) is 0 Å². The second kappa shape index (κ2) is 10.3. The first-order valence-electron chi connectivity index (χ1n) is 12.3. The van der Waals surface area contributed by atoms with Crippen LogP contribution < -0.4 is 4.18 Å². The Kier molecular flexibility index (Phi) is 6.93.